The average Bonchev–Trinajstić information content (AvgIpc) is 3.37. The number of aliphatic hydroxyl groups is 1. The van der Waals surface area contributed by atoms with Gasteiger partial charge in [0.25, 0.3) is 0 Å². The van der Waals surface area contributed by atoms with Gasteiger partial charge < -0.3 is 24.0 Å². The maximum atomic E-state index is 14.2. The molecule has 36 heavy (non-hydrogen) atoms. The fourth-order valence-electron chi connectivity index (χ4n) is 4.37. The lowest BCUT2D eigenvalue weighted by molar-refractivity contribution is -0.148. The summed E-state index contributed by atoms with van der Waals surface area (Å²) in [6.07, 6.45) is -3.27. The first kappa shape index (κ1) is 26.5. The van der Waals surface area contributed by atoms with Crippen LogP contribution in [0.2, 0.25) is 5.02 Å². The Morgan fingerprint density at radius 2 is 2.00 bits per heavy atom. The van der Waals surface area contributed by atoms with Crippen molar-refractivity contribution in [2.24, 2.45) is 0 Å². The highest BCUT2D eigenvalue weighted by molar-refractivity contribution is 6.34. The van der Waals surface area contributed by atoms with Crippen molar-refractivity contribution in [3.63, 3.8) is 0 Å². The molecular formula is C24H28ClF3N4O4. The van der Waals surface area contributed by atoms with E-state index in [0.717, 1.165) is 10.9 Å². The lowest BCUT2D eigenvalue weighted by Crippen LogP contribution is -2.43. The van der Waals surface area contributed by atoms with Crippen LogP contribution in [-0.4, -0.2) is 64.9 Å². The average molecular weight is 529 g/mol. The third kappa shape index (κ3) is 5.24. The minimum atomic E-state index is -4.72. The number of rotatable bonds is 9. The second-order valence-corrected chi connectivity index (χ2v) is 9.83. The Morgan fingerprint density at radius 3 is 2.61 bits per heavy atom. The second-order valence-electron chi connectivity index (χ2n) is 9.45. The summed E-state index contributed by atoms with van der Waals surface area (Å²) in [4.78, 5) is 1.96. The molecule has 0 saturated heterocycles. The molecule has 1 aromatic carbocycles. The minimum Gasteiger partial charge on any atom is -0.491 e. The molecule has 8 nitrogen and oxygen atoms in total. The van der Waals surface area contributed by atoms with Gasteiger partial charge in [0, 0.05) is 19.2 Å². The number of halogens is 4. The van der Waals surface area contributed by atoms with E-state index in [2.05, 4.69) is 10.3 Å². The fourth-order valence-corrected chi connectivity index (χ4v) is 4.64. The van der Waals surface area contributed by atoms with Gasteiger partial charge in [-0.25, -0.2) is 0 Å². The second kappa shape index (κ2) is 10.0. The highest BCUT2D eigenvalue weighted by Crippen LogP contribution is 2.47. The van der Waals surface area contributed by atoms with Gasteiger partial charge in [-0.2, -0.15) is 18.3 Å². The van der Waals surface area contributed by atoms with Gasteiger partial charge in [-0.3, -0.25) is 4.68 Å². The zero-order chi connectivity index (χ0) is 26.3. The van der Waals surface area contributed by atoms with E-state index in [0.29, 0.717) is 30.0 Å². The topological polar surface area (TPSA) is 85.8 Å². The van der Waals surface area contributed by atoms with Gasteiger partial charge in [0.15, 0.2) is 11.5 Å². The molecule has 3 aromatic rings. The molecule has 0 radical (unpaired) electrons. The third-order valence-electron chi connectivity index (χ3n) is 6.10. The van der Waals surface area contributed by atoms with Crippen molar-refractivity contribution in [1.29, 1.82) is 0 Å². The normalized spacial score (nSPS) is 20.1. The van der Waals surface area contributed by atoms with Crippen LogP contribution >= 0.6 is 11.6 Å². The van der Waals surface area contributed by atoms with Crippen LogP contribution in [0.3, 0.4) is 0 Å². The summed E-state index contributed by atoms with van der Waals surface area (Å²) in [5.74, 6) is 0.316. The Morgan fingerprint density at radius 1 is 1.28 bits per heavy atom. The number of aromatic nitrogens is 3. The van der Waals surface area contributed by atoms with Gasteiger partial charge in [0.05, 0.1) is 40.6 Å². The minimum absolute atomic E-state index is 0.0726. The van der Waals surface area contributed by atoms with Crippen molar-refractivity contribution in [3.05, 3.63) is 40.7 Å². The van der Waals surface area contributed by atoms with Crippen LogP contribution in [0.4, 0.5) is 13.2 Å². The number of ether oxygens (including phenoxy) is 2. The molecule has 0 amide bonds. The van der Waals surface area contributed by atoms with Gasteiger partial charge >= 0.3 is 6.18 Å². The van der Waals surface area contributed by atoms with E-state index in [1.165, 1.54) is 7.11 Å². The molecule has 0 bridgehead atoms. The molecule has 1 aliphatic carbocycles. The van der Waals surface area contributed by atoms with E-state index in [1.807, 2.05) is 19.0 Å². The molecule has 12 heteroatoms. The van der Waals surface area contributed by atoms with E-state index in [1.54, 1.807) is 25.1 Å². The van der Waals surface area contributed by atoms with Crippen molar-refractivity contribution in [3.8, 4) is 28.3 Å². The van der Waals surface area contributed by atoms with Gasteiger partial charge in [-0.15, -0.1) is 0 Å². The lowest BCUT2D eigenvalue weighted by atomic mass is 9.77. The molecule has 4 rings (SSSR count). The van der Waals surface area contributed by atoms with Crippen LogP contribution in [0.25, 0.3) is 22.6 Å². The number of methoxy groups -OCH3 is 1. The Bertz CT molecular complexity index is 1210. The number of hydrogen-bond donors (Lipinski definition) is 1. The third-order valence-corrected chi connectivity index (χ3v) is 6.49. The van der Waals surface area contributed by atoms with E-state index in [4.69, 9.17) is 25.6 Å². The summed E-state index contributed by atoms with van der Waals surface area (Å²) in [5, 5.41) is 18.4. The largest absolute Gasteiger partial charge is 0.491 e. The maximum absolute atomic E-state index is 14.2. The first-order chi connectivity index (χ1) is 16.9. The molecule has 2 heterocycles. The van der Waals surface area contributed by atoms with Crippen LogP contribution in [0, 0.1) is 0 Å². The molecule has 1 N–H and O–H groups in total. The highest BCUT2D eigenvalue weighted by atomic mass is 35.5. The highest BCUT2D eigenvalue weighted by Gasteiger charge is 2.47. The first-order valence-electron chi connectivity index (χ1n) is 11.3. The lowest BCUT2D eigenvalue weighted by Gasteiger charge is -2.41. The number of alkyl halides is 3. The summed E-state index contributed by atoms with van der Waals surface area (Å²) in [6.45, 7) is 2.58. The standard InChI is InChI=1S/C24H28ClF3N4O4/c1-23(33)10-14(11-23)32-22(24(26,27)28)16(12-29-32)21-17(13-34-4)20(30-36-21)15-6-5-7-18(19(15)25)35-9-8-31(2)3/h5-7,12,14,33H,8-11,13H2,1-4H3/t14-,23-. The molecule has 1 saturated carbocycles. The van der Waals surface area contributed by atoms with E-state index < -0.39 is 23.5 Å². The molecule has 1 fully saturated rings. The van der Waals surface area contributed by atoms with Crippen LogP contribution in [0.5, 0.6) is 5.75 Å². The smallest absolute Gasteiger partial charge is 0.433 e. The number of benzene rings is 1. The number of hydrogen-bond acceptors (Lipinski definition) is 7. The summed E-state index contributed by atoms with van der Waals surface area (Å²) in [5.41, 5.74) is -1.24. The Labute approximate surface area is 211 Å². The summed E-state index contributed by atoms with van der Waals surface area (Å²) in [7, 11) is 5.26. The SMILES string of the molecule is COCc1c(-c2cccc(OCCN(C)C)c2Cl)noc1-c1cnn([C@H]2C[C@](C)(O)C2)c1C(F)(F)F. The Hall–Kier alpha value is -2.60. The summed E-state index contributed by atoms with van der Waals surface area (Å²) < 4.78 is 60.1. The van der Waals surface area contributed by atoms with Crippen molar-refractivity contribution in [2.75, 3.05) is 34.4 Å². The van der Waals surface area contributed by atoms with Crippen molar-refractivity contribution >= 4 is 11.6 Å². The maximum Gasteiger partial charge on any atom is 0.433 e. The first-order valence-corrected chi connectivity index (χ1v) is 11.7. The number of likely N-dealkylation sites (N-methyl/N-ethyl adjacent to an activating group) is 1. The quantitative estimate of drug-likeness (QED) is 0.416. The van der Waals surface area contributed by atoms with Gasteiger partial charge in [-0.1, -0.05) is 28.9 Å². The van der Waals surface area contributed by atoms with E-state index in [-0.39, 0.29) is 41.5 Å². The Kier molecular flexibility index (Phi) is 7.38. The zero-order valence-electron chi connectivity index (χ0n) is 20.4. The van der Waals surface area contributed by atoms with Gasteiger partial charge in [-0.05, 0) is 39.9 Å². The van der Waals surface area contributed by atoms with Gasteiger partial charge in [0.2, 0.25) is 0 Å². The van der Waals surface area contributed by atoms with Crippen LogP contribution in [0.15, 0.2) is 28.9 Å². The van der Waals surface area contributed by atoms with Crippen molar-refractivity contribution in [2.45, 2.75) is 44.2 Å². The molecule has 0 spiro atoms. The van der Waals surface area contributed by atoms with Crippen molar-refractivity contribution < 1.29 is 32.3 Å². The molecule has 0 unspecified atom stereocenters. The summed E-state index contributed by atoms with van der Waals surface area (Å²) in [6, 6.07) is 4.53. The van der Waals surface area contributed by atoms with Crippen LogP contribution < -0.4 is 4.74 Å². The molecule has 0 atom stereocenters. The Balaban J connectivity index is 1.76. The monoisotopic (exact) mass is 528 g/mol. The number of nitrogens with zero attached hydrogens (tertiary/aromatic N) is 4. The molecule has 196 valence electrons. The molecule has 2 aromatic heterocycles. The van der Waals surface area contributed by atoms with E-state index in [9.17, 15) is 18.3 Å². The predicted molar refractivity (Wildman–Crippen MR) is 127 cm³/mol. The molecule has 0 aliphatic heterocycles. The van der Waals surface area contributed by atoms with Crippen molar-refractivity contribution in [1.82, 2.24) is 19.8 Å². The molecular weight excluding hydrogens is 501 g/mol. The predicted octanol–water partition coefficient (Wildman–Crippen LogP) is 5.05. The van der Waals surface area contributed by atoms with E-state index >= 15 is 0 Å². The molecule has 1 aliphatic rings. The van der Waals surface area contributed by atoms with Crippen LogP contribution in [-0.2, 0) is 17.5 Å². The zero-order valence-corrected chi connectivity index (χ0v) is 21.2. The van der Waals surface area contributed by atoms with Gasteiger partial charge in [0.1, 0.15) is 18.1 Å². The fraction of sp³-hybridized carbons (Fsp3) is 0.500. The summed E-state index contributed by atoms with van der Waals surface area (Å²) >= 11 is 6.61. The van der Waals surface area contributed by atoms with Crippen LogP contribution in [0.1, 0.15) is 37.1 Å².